The van der Waals surface area contributed by atoms with Gasteiger partial charge in [-0.3, -0.25) is 4.90 Å². The lowest BCUT2D eigenvalue weighted by Gasteiger charge is -2.40. The Bertz CT molecular complexity index is 1180. The van der Waals surface area contributed by atoms with E-state index in [1.807, 2.05) is 24.3 Å². The molecule has 3 heterocycles. The number of ether oxygens (including phenoxy) is 2. The normalized spacial score (nSPS) is 15.8. The van der Waals surface area contributed by atoms with Crippen LogP contribution in [-0.4, -0.2) is 65.0 Å². The van der Waals surface area contributed by atoms with Crippen LogP contribution < -0.4 is 14.4 Å². The van der Waals surface area contributed by atoms with Crippen molar-refractivity contribution >= 4 is 22.0 Å². The summed E-state index contributed by atoms with van der Waals surface area (Å²) < 4.78 is 12.1. The molecule has 1 saturated heterocycles. The molecule has 1 atom stereocenters. The second-order valence-electron chi connectivity index (χ2n) is 7.64. The van der Waals surface area contributed by atoms with Gasteiger partial charge in [-0.05, 0) is 42.0 Å². The second kappa shape index (κ2) is 8.68. The maximum Gasteiger partial charge on any atom is 0.230 e. The number of anilines is 1. The Kier molecular flexibility index (Phi) is 5.59. The van der Waals surface area contributed by atoms with Crippen molar-refractivity contribution < 1.29 is 14.6 Å². The largest absolute Gasteiger partial charge is 0.497 e. The van der Waals surface area contributed by atoms with Crippen molar-refractivity contribution in [3.8, 4) is 17.4 Å². The van der Waals surface area contributed by atoms with E-state index < -0.39 is 0 Å². The number of methoxy groups -OCH3 is 2. The highest BCUT2D eigenvalue weighted by atomic mass is 32.1. The lowest BCUT2D eigenvalue weighted by molar-refractivity contribution is 0.211. The smallest absolute Gasteiger partial charge is 0.230 e. The lowest BCUT2D eigenvalue weighted by atomic mass is 10.0. The van der Waals surface area contributed by atoms with Crippen LogP contribution in [0.4, 0.5) is 5.69 Å². The van der Waals surface area contributed by atoms with Crippen LogP contribution in [-0.2, 0) is 0 Å². The minimum Gasteiger partial charge on any atom is -0.497 e. The van der Waals surface area contributed by atoms with Crippen LogP contribution in [0, 0.1) is 0 Å². The highest BCUT2D eigenvalue weighted by Gasteiger charge is 2.31. The zero-order valence-electron chi connectivity index (χ0n) is 18.0. The molecule has 1 unspecified atom stereocenters. The highest BCUT2D eigenvalue weighted by molar-refractivity contribution is 7.17. The van der Waals surface area contributed by atoms with E-state index in [4.69, 9.17) is 9.47 Å². The fourth-order valence-electron chi connectivity index (χ4n) is 4.22. The molecule has 166 valence electrons. The molecular formula is C23H25N5O3S. The first kappa shape index (κ1) is 20.6. The summed E-state index contributed by atoms with van der Waals surface area (Å²) in [5, 5.41) is 15.1. The molecule has 2 aromatic carbocycles. The van der Waals surface area contributed by atoms with Gasteiger partial charge in [0, 0.05) is 31.9 Å². The van der Waals surface area contributed by atoms with E-state index in [0.717, 1.165) is 48.1 Å². The third-order valence-electron chi connectivity index (χ3n) is 5.94. The third-order valence-corrected chi connectivity index (χ3v) is 7.02. The number of rotatable bonds is 6. The molecule has 5 rings (SSSR count). The number of thiazole rings is 1. The van der Waals surface area contributed by atoms with Gasteiger partial charge in [0.25, 0.3) is 0 Å². The molecular weight excluding hydrogens is 426 g/mol. The standard InChI is InChI=1S/C23H25N5O3S/c1-30-18-7-3-16(4-8-18)20(21-22(29)28-23(32-21)24-15-25-28)27-13-11-26(12-14-27)17-5-9-19(31-2)10-6-17/h3-10,15,20,29H,11-14H2,1-2H3. The maximum atomic E-state index is 10.9. The predicted molar refractivity (Wildman–Crippen MR) is 124 cm³/mol. The fourth-order valence-corrected chi connectivity index (χ4v) is 5.31. The van der Waals surface area contributed by atoms with E-state index in [2.05, 4.69) is 44.1 Å². The van der Waals surface area contributed by atoms with Gasteiger partial charge in [0.2, 0.25) is 10.8 Å². The zero-order chi connectivity index (χ0) is 22.1. The summed E-state index contributed by atoms with van der Waals surface area (Å²) in [6.45, 7) is 3.49. The molecule has 0 bridgehead atoms. The van der Waals surface area contributed by atoms with Gasteiger partial charge >= 0.3 is 0 Å². The first-order chi connectivity index (χ1) is 15.7. The summed E-state index contributed by atoms with van der Waals surface area (Å²) in [6, 6.07) is 16.1. The van der Waals surface area contributed by atoms with Crippen LogP contribution in [0.25, 0.3) is 4.96 Å². The van der Waals surface area contributed by atoms with Gasteiger partial charge < -0.3 is 19.5 Å². The van der Waals surface area contributed by atoms with Gasteiger partial charge in [0.15, 0.2) is 0 Å². The minimum atomic E-state index is -0.0903. The van der Waals surface area contributed by atoms with Crippen molar-refractivity contribution in [2.24, 2.45) is 0 Å². The van der Waals surface area contributed by atoms with E-state index >= 15 is 0 Å². The first-order valence-corrected chi connectivity index (χ1v) is 11.3. The van der Waals surface area contributed by atoms with Crippen molar-refractivity contribution in [2.75, 3.05) is 45.3 Å². The molecule has 0 saturated carbocycles. The van der Waals surface area contributed by atoms with Gasteiger partial charge in [0.05, 0.1) is 25.1 Å². The van der Waals surface area contributed by atoms with Crippen molar-refractivity contribution in [3.63, 3.8) is 0 Å². The molecule has 0 radical (unpaired) electrons. The number of nitrogens with zero attached hydrogens (tertiary/aromatic N) is 5. The highest BCUT2D eigenvalue weighted by Crippen LogP contribution is 2.40. The number of benzene rings is 2. The minimum absolute atomic E-state index is 0.0903. The third kappa shape index (κ3) is 3.74. The summed E-state index contributed by atoms with van der Waals surface area (Å²) in [6.07, 6.45) is 1.46. The van der Waals surface area contributed by atoms with Gasteiger partial charge in [0.1, 0.15) is 17.8 Å². The SMILES string of the molecule is COc1ccc(C(c2sc3ncnn3c2O)N2CCN(c3ccc(OC)cc3)CC2)cc1. The van der Waals surface area contributed by atoms with Crippen molar-refractivity contribution in [1.29, 1.82) is 0 Å². The zero-order valence-corrected chi connectivity index (χ0v) is 18.8. The van der Waals surface area contributed by atoms with Crippen LogP contribution in [0.15, 0.2) is 54.9 Å². The molecule has 32 heavy (non-hydrogen) atoms. The Balaban J connectivity index is 1.43. The topological polar surface area (TPSA) is 75.4 Å². The van der Waals surface area contributed by atoms with Gasteiger partial charge in [-0.25, -0.2) is 4.98 Å². The molecule has 0 spiro atoms. The number of hydrogen-bond donors (Lipinski definition) is 1. The van der Waals surface area contributed by atoms with Crippen LogP contribution in [0.2, 0.25) is 0 Å². The lowest BCUT2D eigenvalue weighted by Crippen LogP contribution is -2.47. The van der Waals surface area contributed by atoms with Gasteiger partial charge in [-0.1, -0.05) is 23.5 Å². The average molecular weight is 452 g/mol. The summed E-state index contributed by atoms with van der Waals surface area (Å²) in [4.78, 5) is 10.6. The summed E-state index contributed by atoms with van der Waals surface area (Å²) in [5.41, 5.74) is 2.29. The fraction of sp³-hybridized carbons (Fsp3) is 0.304. The molecule has 0 aliphatic carbocycles. The molecule has 1 aliphatic heterocycles. The molecule has 2 aromatic heterocycles. The first-order valence-electron chi connectivity index (χ1n) is 10.5. The molecule has 1 N–H and O–H groups in total. The van der Waals surface area contributed by atoms with E-state index in [0.29, 0.717) is 4.96 Å². The van der Waals surface area contributed by atoms with Gasteiger partial charge in [-0.2, -0.15) is 9.61 Å². The molecule has 4 aromatic rings. The van der Waals surface area contributed by atoms with E-state index in [-0.39, 0.29) is 11.9 Å². The Morgan fingerprint density at radius 2 is 1.53 bits per heavy atom. The summed E-state index contributed by atoms with van der Waals surface area (Å²) in [7, 11) is 3.34. The molecule has 0 amide bonds. The van der Waals surface area contributed by atoms with E-state index in [1.54, 1.807) is 14.2 Å². The van der Waals surface area contributed by atoms with Crippen LogP contribution >= 0.6 is 11.3 Å². The predicted octanol–water partition coefficient (Wildman–Crippen LogP) is 3.43. The monoisotopic (exact) mass is 451 g/mol. The quantitative estimate of drug-likeness (QED) is 0.481. The Morgan fingerprint density at radius 3 is 2.12 bits per heavy atom. The Labute approximate surface area is 190 Å². The number of aromatic hydroxyl groups is 1. The number of aromatic nitrogens is 3. The summed E-state index contributed by atoms with van der Waals surface area (Å²) in [5.74, 6) is 1.82. The molecule has 8 nitrogen and oxygen atoms in total. The number of hydrogen-bond acceptors (Lipinski definition) is 8. The van der Waals surface area contributed by atoms with Crippen molar-refractivity contribution in [3.05, 3.63) is 65.3 Å². The van der Waals surface area contributed by atoms with Crippen molar-refractivity contribution in [2.45, 2.75) is 6.04 Å². The average Bonchev–Trinajstić information content (AvgIpc) is 3.43. The van der Waals surface area contributed by atoms with E-state index in [1.165, 1.54) is 27.9 Å². The van der Waals surface area contributed by atoms with Crippen LogP contribution in [0.3, 0.4) is 0 Å². The van der Waals surface area contributed by atoms with Crippen LogP contribution in [0.5, 0.6) is 17.4 Å². The second-order valence-corrected chi connectivity index (χ2v) is 8.65. The van der Waals surface area contributed by atoms with Crippen LogP contribution in [0.1, 0.15) is 16.5 Å². The molecule has 1 aliphatic rings. The Hall–Kier alpha value is -3.30. The van der Waals surface area contributed by atoms with Crippen molar-refractivity contribution in [1.82, 2.24) is 19.5 Å². The number of piperazine rings is 1. The maximum absolute atomic E-state index is 10.9. The summed E-state index contributed by atoms with van der Waals surface area (Å²) >= 11 is 1.48. The number of fused-ring (bicyclic) bond motifs is 1. The van der Waals surface area contributed by atoms with Gasteiger partial charge in [-0.15, -0.1) is 0 Å². The van der Waals surface area contributed by atoms with E-state index in [9.17, 15) is 5.11 Å². The Morgan fingerprint density at radius 1 is 0.906 bits per heavy atom. The molecule has 9 heteroatoms. The molecule has 1 fully saturated rings.